The number of hydrogen-bond acceptors (Lipinski definition) is 6. The van der Waals surface area contributed by atoms with Crippen molar-refractivity contribution in [2.45, 2.75) is 38.8 Å². The number of ether oxygens (including phenoxy) is 1. The van der Waals surface area contributed by atoms with Gasteiger partial charge in [0.15, 0.2) is 6.10 Å². The Bertz CT molecular complexity index is 618. The Kier molecular flexibility index (Phi) is 5.55. The van der Waals surface area contributed by atoms with E-state index in [0.29, 0.717) is 12.8 Å². The Labute approximate surface area is 144 Å². The SMILES string of the molecule is CNC(=O)NC(=O)[C@@H](C)OC(=O)[C@H](C)N1C(=O)[C@H]2CC=CC[C@@H]2C1=O. The van der Waals surface area contributed by atoms with Crippen molar-refractivity contribution in [1.82, 2.24) is 15.5 Å². The number of fused-ring (bicyclic) bond motifs is 1. The zero-order chi connectivity index (χ0) is 18.7. The fraction of sp³-hybridized carbons (Fsp3) is 0.562. The summed E-state index contributed by atoms with van der Waals surface area (Å²) in [6.07, 6.45) is 3.40. The largest absolute Gasteiger partial charge is 0.451 e. The molecule has 1 heterocycles. The fourth-order valence-corrected chi connectivity index (χ4v) is 2.92. The quantitative estimate of drug-likeness (QED) is 0.408. The van der Waals surface area contributed by atoms with Crippen molar-refractivity contribution < 1.29 is 28.7 Å². The molecule has 1 aliphatic carbocycles. The molecule has 0 bridgehead atoms. The zero-order valence-corrected chi connectivity index (χ0v) is 14.3. The molecule has 0 saturated carbocycles. The monoisotopic (exact) mass is 351 g/mol. The molecule has 9 heteroatoms. The van der Waals surface area contributed by atoms with E-state index in [4.69, 9.17) is 4.74 Å². The highest BCUT2D eigenvalue weighted by atomic mass is 16.5. The van der Waals surface area contributed by atoms with Crippen LogP contribution in [0.2, 0.25) is 0 Å². The van der Waals surface area contributed by atoms with Gasteiger partial charge in [0, 0.05) is 7.05 Å². The minimum Gasteiger partial charge on any atom is -0.451 e. The fourth-order valence-electron chi connectivity index (χ4n) is 2.92. The predicted octanol–water partition coefficient (Wildman–Crippen LogP) is -0.287. The molecule has 0 aromatic heterocycles. The van der Waals surface area contributed by atoms with Crippen LogP contribution in [0.5, 0.6) is 0 Å². The van der Waals surface area contributed by atoms with Gasteiger partial charge in [0.05, 0.1) is 11.8 Å². The molecule has 1 fully saturated rings. The molecule has 0 unspecified atom stereocenters. The van der Waals surface area contributed by atoms with Gasteiger partial charge in [0.1, 0.15) is 6.04 Å². The Morgan fingerprint density at radius 1 is 1.12 bits per heavy atom. The molecule has 136 valence electrons. The summed E-state index contributed by atoms with van der Waals surface area (Å²) in [4.78, 5) is 60.8. The number of amides is 5. The van der Waals surface area contributed by atoms with Gasteiger partial charge in [0.25, 0.3) is 5.91 Å². The maximum atomic E-state index is 12.4. The summed E-state index contributed by atoms with van der Waals surface area (Å²) in [7, 11) is 1.33. The molecular weight excluding hydrogens is 330 g/mol. The van der Waals surface area contributed by atoms with Gasteiger partial charge >= 0.3 is 12.0 Å². The summed E-state index contributed by atoms with van der Waals surface area (Å²) in [5.41, 5.74) is 0. The lowest BCUT2D eigenvalue weighted by atomic mass is 9.85. The smallest absolute Gasteiger partial charge is 0.329 e. The number of rotatable bonds is 4. The second-order valence-electron chi connectivity index (χ2n) is 6.03. The highest BCUT2D eigenvalue weighted by Gasteiger charge is 2.50. The number of esters is 1. The van der Waals surface area contributed by atoms with Gasteiger partial charge in [-0.25, -0.2) is 9.59 Å². The standard InChI is InChI=1S/C16H21N3O6/c1-8(15(23)25-9(2)12(20)18-16(24)17-3)19-13(21)10-6-4-5-7-11(10)14(19)22/h4-5,8-11H,6-7H2,1-3H3,(H2,17,18,20,24)/t8-,9+,10-,11-/m0/s1. The van der Waals surface area contributed by atoms with E-state index >= 15 is 0 Å². The molecular formula is C16H21N3O6. The first kappa shape index (κ1) is 18.6. The van der Waals surface area contributed by atoms with Crippen LogP contribution in [0.1, 0.15) is 26.7 Å². The van der Waals surface area contributed by atoms with E-state index in [1.807, 2.05) is 17.5 Å². The van der Waals surface area contributed by atoms with Gasteiger partial charge in [0.2, 0.25) is 11.8 Å². The number of likely N-dealkylation sites (tertiary alicyclic amines) is 1. The van der Waals surface area contributed by atoms with Crippen LogP contribution in [-0.2, 0) is 23.9 Å². The van der Waals surface area contributed by atoms with E-state index in [0.717, 1.165) is 4.90 Å². The van der Waals surface area contributed by atoms with E-state index in [-0.39, 0.29) is 0 Å². The number of nitrogens with one attached hydrogen (secondary N) is 2. The van der Waals surface area contributed by atoms with Crippen LogP contribution in [0.4, 0.5) is 4.79 Å². The minimum absolute atomic E-state index is 0.397. The molecule has 1 saturated heterocycles. The average molecular weight is 351 g/mol. The summed E-state index contributed by atoms with van der Waals surface area (Å²) in [5, 5.41) is 4.18. The van der Waals surface area contributed by atoms with Crippen LogP contribution in [-0.4, -0.2) is 53.8 Å². The second-order valence-corrected chi connectivity index (χ2v) is 6.03. The zero-order valence-electron chi connectivity index (χ0n) is 14.3. The van der Waals surface area contributed by atoms with Crippen molar-refractivity contribution in [3.05, 3.63) is 12.2 Å². The van der Waals surface area contributed by atoms with Gasteiger partial charge in [-0.2, -0.15) is 0 Å². The van der Waals surface area contributed by atoms with Crippen molar-refractivity contribution >= 4 is 29.7 Å². The highest BCUT2D eigenvalue weighted by molar-refractivity contribution is 6.08. The van der Waals surface area contributed by atoms with Crippen molar-refractivity contribution in [1.29, 1.82) is 0 Å². The van der Waals surface area contributed by atoms with Gasteiger partial charge in [-0.1, -0.05) is 12.2 Å². The summed E-state index contributed by atoms with van der Waals surface area (Å²) >= 11 is 0. The maximum absolute atomic E-state index is 12.4. The Morgan fingerprint density at radius 3 is 2.12 bits per heavy atom. The van der Waals surface area contributed by atoms with Gasteiger partial charge in [-0.15, -0.1) is 0 Å². The number of carbonyl (C=O) groups is 5. The van der Waals surface area contributed by atoms with Crippen molar-refractivity contribution in [3.8, 4) is 0 Å². The third-order valence-corrected chi connectivity index (χ3v) is 4.40. The lowest BCUT2D eigenvalue weighted by molar-refractivity contribution is -0.163. The summed E-state index contributed by atoms with van der Waals surface area (Å²) in [6, 6.07) is -1.87. The normalized spacial score (nSPS) is 24.4. The molecule has 1 aliphatic heterocycles. The number of allylic oxidation sites excluding steroid dienone is 2. The van der Waals surface area contributed by atoms with Crippen LogP contribution >= 0.6 is 0 Å². The molecule has 0 radical (unpaired) electrons. The topological polar surface area (TPSA) is 122 Å². The van der Waals surface area contributed by atoms with Gasteiger partial charge in [-0.3, -0.25) is 24.6 Å². The first-order chi connectivity index (χ1) is 11.8. The third kappa shape index (κ3) is 3.70. The summed E-state index contributed by atoms with van der Waals surface area (Å²) < 4.78 is 4.99. The minimum atomic E-state index is -1.25. The lowest BCUT2D eigenvalue weighted by Crippen LogP contribution is -2.48. The molecule has 2 rings (SSSR count). The van der Waals surface area contributed by atoms with Crippen molar-refractivity contribution in [2.24, 2.45) is 11.8 Å². The molecule has 5 amide bonds. The molecule has 0 spiro atoms. The van der Waals surface area contributed by atoms with Crippen LogP contribution in [0.15, 0.2) is 12.2 Å². The molecule has 0 aromatic rings. The molecule has 0 aromatic carbocycles. The van der Waals surface area contributed by atoms with Crippen LogP contribution in [0, 0.1) is 11.8 Å². The maximum Gasteiger partial charge on any atom is 0.329 e. The van der Waals surface area contributed by atoms with Gasteiger partial charge < -0.3 is 10.1 Å². The molecule has 25 heavy (non-hydrogen) atoms. The summed E-state index contributed by atoms with van der Waals surface area (Å²) in [6.45, 7) is 2.67. The van der Waals surface area contributed by atoms with Crippen LogP contribution in [0.3, 0.4) is 0 Å². The van der Waals surface area contributed by atoms with Gasteiger partial charge in [-0.05, 0) is 26.7 Å². The second kappa shape index (κ2) is 7.45. The number of nitrogens with zero attached hydrogens (tertiary/aromatic N) is 1. The predicted molar refractivity (Wildman–Crippen MR) is 84.8 cm³/mol. The third-order valence-electron chi connectivity index (χ3n) is 4.40. The number of imide groups is 2. The molecule has 4 atom stereocenters. The number of carbonyl (C=O) groups excluding carboxylic acids is 5. The van der Waals surface area contributed by atoms with Crippen LogP contribution < -0.4 is 10.6 Å². The van der Waals surface area contributed by atoms with E-state index in [2.05, 4.69) is 5.32 Å². The van der Waals surface area contributed by atoms with Crippen LogP contribution in [0.25, 0.3) is 0 Å². The van der Waals surface area contributed by atoms with E-state index in [1.54, 1.807) is 0 Å². The Balaban J connectivity index is 2.00. The van der Waals surface area contributed by atoms with Crippen molar-refractivity contribution in [2.75, 3.05) is 7.05 Å². The average Bonchev–Trinajstić information content (AvgIpc) is 2.85. The van der Waals surface area contributed by atoms with E-state index in [1.165, 1.54) is 20.9 Å². The van der Waals surface area contributed by atoms with Crippen molar-refractivity contribution in [3.63, 3.8) is 0 Å². The molecule has 9 nitrogen and oxygen atoms in total. The highest BCUT2D eigenvalue weighted by Crippen LogP contribution is 2.36. The van der Waals surface area contributed by atoms with E-state index in [9.17, 15) is 24.0 Å². The van der Waals surface area contributed by atoms with E-state index < -0.39 is 53.7 Å². The molecule has 2 N–H and O–H groups in total. The number of hydrogen-bond donors (Lipinski definition) is 2. The lowest BCUT2D eigenvalue weighted by Gasteiger charge is -2.23. The Hall–Kier alpha value is -2.71. The summed E-state index contributed by atoms with van der Waals surface area (Å²) in [5.74, 6) is -3.37. The Morgan fingerprint density at radius 2 is 1.64 bits per heavy atom. The molecule has 2 aliphatic rings. The number of urea groups is 1. The first-order valence-electron chi connectivity index (χ1n) is 8.02. The first-order valence-corrected chi connectivity index (χ1v) is 8.02.